The van der Waals surface area contributed by atoms with E-state index in [0.717, 1.165) is 0 Å². The van der Waals surface area contributed by atoms with Crippen LogP contribution in [0.15, 0.2) is 0 Å². The molecule has 2 atom stereocenters. The van der Waals surface area contributed by atoms with E-state index in [2.05, 4.69) is 25.7 Å². The molecule has 0 aliphatic rings. The van der Waals surface area contributed by atoms with E-state index in [0.29, 0.717) is 19.1 Å². The van der Waals surface area contributed by atoms with Crippen molar-refractivity contribution in [3.63, 3.8) is 0 Å². The van der Waals surface area contributed by atoms with Gasteiger partial charge in [0.25, 0.3) is 0 Å². The monoisotopic (exact) mass is 230 g/mol. The first-order valence-electron chi connectivity index (χ1n) is 5.90. The number of hydrogen-bond donors (Lipinski definition) is 1. The van der Waals surface area contributed by atoms with Gasteiger partial charge in [0.15, 0.2) is 0 Å². The topological polar surface area (TPSA) is 55.6 Å². The number of esters is 1. The van der Waals surface area contributed by atoms with Crippen LogP contribution in [0.1, 0.15) is 41.0 Å². The number of carbonyl (C=O) groups excluding carboxylic acids is 1. The summed E-state index contributed by atoms with van der Waals surface area (Å²) in [5, 5.41) is 0. The van der Waals surface area contributed by atoms with Gasteiger partial charge in [0.2, 0.25) is 0 Å². The summed E-state index contributed by atoms with van der Waals surface area (Å²) < 4.78 is 4.97. The van der Waals surface area contributed by atoms with Crippen LogP contribution < -0.4 is 5.73 Å². The molecule has 0 heterocycles. The Bertz CT molecular complexity index is 227. The van der Waals surface area contributed by atoms with Crippen LogP contribution in [0.25, 0.3) is 0 Å². The molecule has 0 aromatic carbocycles. The molecule has 0 aliphatic heterocycles. The number of carbonyl (C=O) groups is 1. The summed E-state index contributed by atoms with van der Waals surface area (Å²) in [6.07, 6.45) is 0.598. The minimum absolute atomic E-state index is 0.249. The molecule has 0 bridgehead atoms. The maximum atomic E-state index is 11.6. The zero-order chi connectivity index (χ0) is 12.9. The van der Waals surface area contributed by atoms with E-state index in [1.807, 2.05) is 7.05 Å². The highest BCUT2D eigenvalue weighted by Gasteiger charge is 2.33. The summed E-state index contributed by atoms with van der Waals surface area (Å²) in [7, 11) is 2.04. The van der Waals surface area contributed by atoms with Crippen LogP contribution in [-0.2, 0) is 9.53 Å². The molecule has 0 amide bonds. The van der Waals surface area contributed by atoms with Crippen LogP contribution in [0.5, 0.6) is 0 Å². The molecule has 0 saturated heterocycles. The van der Waals surface area contributed by atoms with Crippen molar-refractivity contribution in [2.24, 2.45) is 5.73 Å². The second kappa shape index (κ2) is 6.21. The van der Waals surface area contributed by atoms with Gasteiger partial charge in [-0.25, -0.2) is 0 Å². The van der Waals surface area contributed by atoms with E-state index in [9.17, 15) is 4.79 Å². The van der Waals surface area contributed by atoms with Crippen LogP contribution in [0, 0.1) is 0 Å². The summed E-state index contributed by atoms with van der Waals surface area (Å²) in [6, 6.07) is 0.687. The molecule has 0 fully saturated rings. The van der Waals surface area contributed by atoms with Crippen LogP contribution in [0.3, 0.4) is 0 Å². The Hall–Kier alpha value is -0.610. The maximum Gasteiger partial charge on any atom is 0.325 e. The largest absolute Gasteiger partial charge is 0.465 e. The molecule has 2 N–H and O–H groups in total. The zero-order valence-corrected chi connectivity index (χ0v) is 11.4. The summed E-state index contributed by atoms with van der Waals surface area (Å²) in [6.45, 7) is 10.2. The lowest BCUT2D eigenvalue weighted by atomic mass is 9.94. The smallest absolute Gasteiger partial charge is 0.325 e. The van der Waals surface area contributed by atoms with Crippen molar-refractivity contribution in [1.82, 2.24) is 4.90 Å². The standard InChI is InChI=1S/C12H26N2O2/c1-7-16-11(15)12(5,13)8-10(4)14(6)9(2)3/h9-10H,7-8,13H2,1-6H3. The lowest BCUT2D eigenvalue weighted by molar-refractivity contribution is -0.149. The molecule has 0 aromatic rings. The van der Waals surface area contributed by atoms with E-state index < -0.39 is 5.54 Å². The Morgan fingerprint density at radius 3 is 2.31 bits per heavy atom. The Kier molecular flexibility index (Phi) is 5.97. The third-order valence-corrected chi connectivity index (χ3v) is 2.97. The van der Waals surface area contributed by atoms with Gasteiger partial charge in [0, 0.05) is 12.1 Å². The molecule has 4 nitrogen and oxygen atoms in total. The number of nitrogens with zero attached hydrogens (tertiary/aromatic N) is 1. The summed E-state index contributed by atoms with van der Waals surface area (Å²) in [5.74, 6) is -0.320. The Morgan fingerprint density at radius 1 is 1.44 bits per heavy atom. The van der Waals surface area contributed by atoms with E-state index in [-0.39, 0.29) is 12.0 Å². The first-order chi connectivity index (χ1) is 7.22. The van der Waals surface area contributed by atoms with Gasteiger partial charge in [-0.2, -0.15) is 0 Å². The highest BCUT2D eigenvalue weighted by molar-refractivity contribution is 5.80. The molecular weight excluding hydrogens is 204 g/mol. The molecule has 2 unspecified atom stereocenters. The van der Waals surface area contributed by atoms with E-state index in [4.69, 9.17) is 10.5 Å². The fraction of sp³-hybridized carbons (Fsp3) is 0.917. The quantitative estimate of drug-likeness (QED) is 0.701. The number of rotatable bonds is 6. The van der Waals surface area contributed by atoms with Gasteiger partial charge in [-0.05, 0) is 48.1 Å². The highest BCUT2D eigenvalue weighted by atomic mass is 16.5. The molecule has 0 spiro atoms. The van der Waals surface area contributed by atoms with Crippen molar-refractivity contribution in [1.29, 1.82) is 0 Å². The molecule has 4 heteroatoms. The van der Waals surface area contributed by atoms with Crippen LogP contribution >= 0.6 is 0 Å². The van der Waals surface area contributed by atoms with Gasteiger partial charge in [-0.1, -0.05) is 0 Å². The molecular formula is C12H26N2O2. The number of ether oxygens (including phenoxy) is 1. The fourth-order valence-electron chi connectivity index (χ4n) is 1.65. The van der Waals surface area contributed by atoms with E-state index >= 15 is 0 Å². The third-order valence-electron chi connectivity index (χ3n) is 2.97. The van der Waals surface area contributed by atoms with E-state index in [1.54, 1.807) is 13.8 Å². The lowest BCUT2D eigenvalue weighted by Crippen LogP contribution is -2.51. The predicted molar refractivity (Wildman–Crippen MR) is 66.2 cm³/mol. The molecule has 0 rings (SSSR count). The van der Waals surface area contributed by atoms with Crippen LogP contribution in [0.2, 0.25) is 0 Å². The Balaban J connectivity index is 4.40. The molecule has 0 radical (unpaired) electrons. The molecule has 0 aromatic heterocycles. The van der Waals surface area contributed by atoms with Crippen molar-refractivity contribution < 1.29 is 9.53 Å². The average molecular weight is 230 g/mol. The summed E-state index contributed by atoms with van der Waals surface area (Å²) in [5.41, 5.74) is 5.08. The maximum absolute atomic E-state index is 11.6. The minimum Gasteiger partial charge on any atom is -0.465 e. The fourth-order valence-corrected chi connectivity index (χ4v) is 1.65. The first kappa shape index (κ1) is 15.4. The van der Waals surface area contributed by atoms with Crippen molar-refractivity contribution >= 4 is 5.97 Å². The summed E-state index contributed by atoms with van der Waals surface area (Å²) >= 11 is 0. The van der Waals surface area contributed by atoms with Gasteiger partial charge in [-0.15, -0.1) is 0 Å². The van der Waals surface area contributed by atoms with Gasteiger partial charge >= 0.3 is 5.97 Å². The van der Waals surface area contributed by atoms with Gasteiger partial charge in [-0.3, -0.25) is 4.79 Å². The second-order valence-corrected chi connectivity index (χ2v) is 4.95. The van der Waals surface area contributed by atoms with Gasteiger partial charge < -0.3 is 15.4 Å². The van der Waals surface area contributed by atoms with Crippen molar-refractivity contribution in [3.05, 3.63) is 0 Å². The molecule has 0 aliphatic carbocycles. The normalized spacial score (nSPS) is 17.3. The Labute approximate surface area is 99.1 Å². The van der Waals surface area contributed by atoms with Crippen molar-refractivity contribution in [3.8, 4) is 0 Å². The summed E-state index contributed by atoms with van der Waals surface area (Å²) in [4.78, 5) is 13.8. The third kappa shape index (κ3) is 4.49. The number of hydrogen-bond acceptors (Lipinski definition) is 4. The first-order valence-corrected chi connectivity index (χ1v) is 5.90. The molecule has 16 heavy (non-hydrogen) atoms. The van der Waals surface area contributed by atoms with Crippen LogP contribution in [0.4, 0.5) is 0 Å². The minimum atomic E-state index is -0.904. The van der Waals surface area contributed by atoms with Crippen LogP contribution in [-0.4, -0.2) is 42.1 Å². The van der Waals surface area contributed by atoms with Crippen molar-refractivity contribution in [2.75, 3.05) is 13.7 Å². The lowest BCUT2D eigenvalue weighted by Gasteiger charge is -2.33. The average Bonchev–Trinajstić information content (AvgIpc) is 2.16. The highest BCUT2D eigenvalue weighted by Crippen LogP contribution is 2.16. The second-order valence-electron chi connectivity index (χ2n) is 4.95. The van der Waals surface area contributed by atoms with Gasteiger partial charge in [0.1, 0.15) is 5.54 Å². The number of nitrogens with two attached hydrogens (primary N) is 1. The predicted octanol–water partition coefficient (Wildman–Crippen LogP) is 1.39. The van der Waals surface area contributed by atoms with E-state index in [1.165, 1.54) is 0 Å². The van der Waals surface area contributed by atoms with Crippen molar-refractivity contribution in [2.45, 2.75) is 58.7 Å². The molecule has 0 saturated carbocycles. The SMILES string of the molecule is CCOC(=O)C(C)(N)CC(C)N(C)C(C)C. The molecule has 96 valence electrons. The Morgan fingerprint density at radius 2 is 1.94 bits per heavy atom. The van der Waals surface area contributed by atoms with Gasteiger partial charge in [0.05, 0.1) is 6.61 Å². The zero-order valence-electron chi connectivity index (χ0n) is 11.4.